The number of benzene rings is 2. The number of nitrogens with one attached hydrogen (secondary N) is 1. The average molecular weight is 498 g/mol. The standard InChI is InChI=1S/C27H26F3N3O3/c1-16-3-5-19(32-25(35)18-7-8-31-24(12-18)27(28,29)30)13-21(16)17-4-6-20-22(11-17)33-9-10-36-15-26(33,2)14-23(20)34/h3-8,11-13,23,34H,9-10,14-15H2,1-2H3,(H,32,35). The first-order valence-electron chi connectivity index (χ1n) is 11.7. The quantitative estimate of drug-likeness (QED) is 0.510. The third-order valence-electron chi connectivity index (χ3n) is 6.96. The Morgan fingerprint density at radius 1 is 1.19 bits per heavy atom. The van der Waals surface area contributed by atoms with Crippen LogP contribution in [0.2, 0.25) is 0 Å². The second kappa shape index (κ2) is 8.90. The van der Waals surface area contributed by atoms with Crippen molar-refractivity contribution >= 4 is 17.3 Å². The van der Waals surface area contributed by atoms with Crippen molar-refractivity contribution in [2.45, 2.75) is 38.1 Å². The molecule has 1 fully saturated rings. The van der Waals surface area contributed by atoms with E-state index in [9.17, 15) is 23.1 Å². The second-order valence-corrected chi connectivity index (χ2v) is 9.61. The maximum Gasteiger partial charge on any atom is 0.433 e. The molecule has 3 heterocycles. The van der Waals surface area contributed by atoms with Crippen molar-refractivity contribution < 1.29 is 27.8 Å². The molecule has 1 amide bonds. The number of aromatic nitrogens is 1. The van der Waals surface area contributed by atoms with Crippen molar-refractivity contribution in [3.63, 3.8) is 0 Å². The number of morpholine rings is 1. The fourth-order valence-corrected chi connectivity index (χ4v) is 5.07. The second-order valence-electron chi connectivity index (χ2n) is 9.61. The topological polar surface area (TPSA) is 74.7 Å². The van der Waals surface area contributed by atoms with Gasteiger partial charge in [0, 0.05) is 41.7 Å². The van der Waals surface area contributed by atoms with Gasteiger partial charge in [0.05, 0.1) is 24.9 Å². The van der Waals surface area contributed by atoms with Crippen molar-refractivity contribution in [2.75, 3.05) is 30.0 Å². The maximum absolute atomic E-state index is 13.0. The molecule has 1 aromatic heterocycles. The third-order valence-corrected chi connectivity index (χ3v) is 6.96. The van der Waals surface area contributed by atoms with E-state index >= 15 is 0 Å². The minimum absolute atomic E-state index is 0.131. The lowest BCUT2D eigenvalue weighted by molar-refractivity contribution is -0.141. The molecule has 0 saturated carbocycles. The van der Waals surface area contributed by atoms with Gasteiger partial charge in [-0.2, -0.15) is 13.2 Å². The number of carbonyl (C=O) groups excluding carboxylic acids is 1. The Hall–Kier alpha value is -3.43. The zero-order valence-corrected chi connectivity index (χ0v) is 19.9. The summed E-state index contributed by atoms with van der Waals surface area (Å²) in [5, 5.41) is 13.5. The Morgan fingerprint density at radius 3 is 2.78 bits per heavy atom. The number of aliphatic hydroxyl groups excluding tert-OH is 1. The summed E-state index contributed by atoms with van der Waals surface area (Å²) in [6.07, 6.45) is -3.67. The molecule has 3 aromatic rings. The van der Waals surface area contributed by atoms with E-state index < -0.39 is 23.9 Å². The predicted octanol–water partition coefficient (Wildman–Crippen LogP) is 5.36. The van der Waals surface area contributed by atoms with E-state index in [1.807, 2.05) is 31.2 Å². The van der Waals surface area contributed by atoms with Crippen LogP contribution in [0.4, 0.5) is 24.5 Å². The van der Waals surface area contributed by atoms with Crippen LogP contribution in [-0.2, 0) is 10.9 Å². The molecular weight excluding hydrogens is 471 g/mol. The van der Waals surface area contributed by atoms with E-state index in [1.54, 1.807) is 12.1 Å². The molecule has 2 aliphatic rings. The Balaban J connectivity index is 1.46. The van der Waals surface area contributed by atoms with Crippen LogP contribution in [-0.4, -0.2) is 41.3 Å². The van der Waals surface area contributed by atoms with Gasteiger partial charge >= 0.3 is 6.18 Å². The molecule has 9 heteroatoms. The van der Waals surface area contributed by atoms with Gasteiger partial charge in [-0.25, -0.2) is 0 Å². The number of carbonyl (C=O) groups is 1. The summed E-state index contributed by atoms with van der Waals surface area (Å²) in [5.74, 6) is -0.657. The molecule has 2 unspecified atom stereocenters. The molecule has 1 saturated heterocycles. The molecule has 2 atom stereocenters. The van der Waals surface area contributed by atoms with E-state index in [0.29, 0.717) is 25.3 Å². The van der Waals surface area contributed by atoms with Crippen molar-refractivity contribution in [3.8, 4) is 11.1 Å². The number of hydrogen-bond donors (Lipinski definition) is 2. The monoisotopic (exact) mass is 497 g/mol. The summed E-state index contributed by atoms with van der Waals surface area (Å²) in [5.41, 5.74) is 3.50. The van der Waals surface area contributed by atoms with Gasteiger partial charge in [-0.3, -0.25) is 9.78 Å². The third kappa shape index (κ3) is 4.44. The highest BCUT2D eigenvalue weighted by Gasteiger charge is 2.43. The maximum atomic E-state index is 13.0. The molecule has 2 N–H and O–H groups in total. The van der Waals surface area contributed by atoms with Crippen molar-refractivity contribution in [1.82, 2.24) is 4.98 Å². The number of pyridine rings is 1. The van der Waals surface area contributed by atoms with Crippen LogP contribution in [0.25, 0.3) is 11.1 Å². The van der Waals surface area contributed by atoms with Crippen LogP contribution in [0.1, 0.15) is 46.6 Å². The molecule has 2 aromatic carbocycles. The van der Waals surface area contributed by atoms with Crippen LogP contribution < -0.4 is 10.2 Å². The first-order valence-corrected chi connectivity index (χ1v) is 11.7. The number of aliphatic hydroxyl groups is 1. The summed E-state index contributed by atoms with van der Waals surface area (Å²) in [6, 6.07) is 13.3. The Labute approximate surface area is 206 Å². The molecule has 0 bridgehead atoms. The van der Waals surface area contributed by atoms with Crippen LogP contribution in [0.5, 0.6) is 0 Å². The Bertz CT molecular complexity index is 1330. The van der Waals surface area contributed by atoms with Gasteiger partial charge in [-0.1, -0.05) is 18.2 Å². The zero-order valence-electron chi connectivity index (χ0n) is 19.9. The summed E-state index contributed by atoms with van der Waals surface area (Å²) < 4.78 is 44.7. The zero-order chi connectivity index (χ0) is 25.7. The van der Waals surface area contributed by atoms with Gasteiger partial charge in [0.1, 0.15) is 5.69 Å². The highest BCUT2D eigenvalue weighted by atomic mass is 19.4. The van der Waals surface area contributed by atoms with Crippen LogP contribution in [0.15, 0.2) is 54.7 Å². The molecule has 2 aliphatic heterocycles. The number of anilines is 2. The van der Waals surface area contributed by atoms with Gasteiger partial charge in [-0.05, 0) is 60.9 Å². The Morgan fingerprint density at radius 2 is 2.00 bits per heavy atom. The number of ether oxygens (including phenoxy) is 1. The van der Waals surface area contributed by atoms with Crippen LogP contribution in [0.3, 0.4) is 0 Å². The van der Waals surface area contributed by atoms with Crippen LogP contribution in [0, 0.1) is 6.92 Å². The molecule has 36 heavy (non-hydrogen) atoms. The summed E-state index contributed by atoms with van der Waals surface area (Å²) in [7, 11) is 0. The highest BCUT2D eigenvalue weighted by molar-refractivity contribution is 6.04. The molecule has 0 radical (unpaired) electrons. The lowest BCUT2D eigenvalue weighted by atomic mass is 9.82. The van der Waals surface area contributed by atoms with E-state index in [1.165, 1.54) is 6.07 Å². The minimum atomic E-state index is -4.64. The van der Waals surface area contributed by atoms with Crippen molar-refractivity contribution in [1.29, 1.82) is 0 Å². The Kier molecular flexibility index (Phi) is 6.00. The summed E-state index contributed by atoms with van der Waals surface area (Å²) in [6.45, 7) is 5.92. The van der Waals surface area contributed by atoms with E-state index in [0.717, 1.165) is 46.7 Å². The first-order chi connectivity index (χ1) is 17.0. The minimum Gasteiger partial charge on any atom is -0.388 e. The smallest absolute Gasteiger partial charge is 0.388 e. The van der Waals surface area contributed by atoms with E-state index in [4.69, 9.17) is 4.74 Å². The summed E-state index contributed by atoms with van der Waals surface area (Å²) >= 11 is 0. The predicted molar refractivity (Wildman–Crippen MR) is 130 cm³/mol. The fourth-order valence-electron chi connectivity index (χ4n) is 5.07. The largest absolute Gasteiger partial charge is 0.433 e. The molecule has 188 valence electrons. The van der Waals surface area contributed by atoms with Crippen molar-refractivity contribution in [2.24, 2.45) is 0 Å². The van der Waals surface area contributed by atoms with Gasteiger partial charge < -0.3 is 20.1 Å². The number of halogens is 3. The molecule has 0 spiro atoms. The van der Waals surface area contributed by atoms with Crippen molar-refractivity contribution in [3.05, 3.63) is 77.1 Å². The number of rotatable bonds is 3. The first kappa shape index (κ1) is 24.3. The average Bonchev–Trinajstić information content (AvgIpc) is 2.84. The molecule has 6 nitrogen and oxygen atoms in total. The molecular formula is C27H26F3N3O3. The summed E-state index contributed by atoms with van der Waals surface area (Å²) in [4.78, 5) is 18.3. The van der Waals surface area contributed by atoms with Crippen LogP contribution >= 0.6 is 0 Å². The van der Waals surface area contributed by atoms with E-state index in [-0.39, 0.29) is 11.1 Å². The number of nitrogens with zero attached hydrogens (tertiary/aromatic N) is 2. The van der Waals surface area contributed by atoms with Gasteiger partial charge in [0.2, 0.25) is 0 Å². The fraction of sp³-hybridized carbons (Fsp3) is 0.333. The molecule has 0 aliphatic carbocycles. The lowest BCUT2D eigenvalue weighted by Crippen LogP contribution is -2.58. The highest BCUT2D eigenvalue weighted by Crippen LogP contribution is 2.45. The SMILES string of the molecule is Cc1ccc(NC(=O)c2ccnc(C(F)(F)F)c2)cc1-c1ccc2c(c1)N1CCOCC1(C)CC2O. The lowest BCUT2D eigenvalue weighted by Gasteiger charge is -2.51. The number of aryl methyl sites for hydroxylation is 1. The number of fused-ring (bicyclic) bond motifs is 3. The van der Waals surface area contributed by atoms with Gasteiger partial charge in [-0.15, -0.1) is 0 Å². The van der Waals surface area contributed by atoms with Gasteiger partial charge in [0.25, 0.3) is 5.91 Å². The number of amides is 1. The van der Waals surface area contributed by atoms with Gasteiger partial charge in [0.15, 0.2) is 0 Å². The van der Waals surface area contributed by atoms with E-state index in [2.05, 4.69) is 22.1 Å². The molecule has 5 rings (SSSR count). The number of hydrogen-bond acceptors (Lipinski definition) is 5. The normalized spacial score (nSPS) is 21.5. The number of alkyl halides is 3.